The lowest BCUT2D eigenvalue weighted by Crippen LogP contribution is -2.52. The van der Waals surface area contributed by atoms with Crippen LogP contribution in [0.5, 0.6) is 5.75 Å². The van der Waals surface area contributed by atoms with Crippen LogP contribution in [0.15, 0.2) is 48.5 Å². The van der Waals surface area contributed by atoms with Gasteiger partial charge in [-0.1, -0.05) is 68.5 Å². The lowest BCUT2D eigenvalue weighted by Gasteiger charge is -2.30. The van der Waals surface area contributed by atoms with E-state index in [4.69, 9.17) is 14.2 Å². The van der Waals surface area contributed by atoms with Gasteiger partial charge in [0, 0.05) is 52.4 Å². The number of nitrogens with zero attached hydrogens (tertiary/aromatic N) is 1. The summed E-state index contributed by atoms with van der Waals surface area (Å²) in [6, 6.07) is 15.7. The molecule has 4 rings (SSSR count). The van der Waals surface area contributed by atoms with Gasteiger partial charge in [0.05, 0.1) is 25.4 Å². The van der Waals surface area contributed by atoms with Crippen molar-refractivity contribution in [2.75, 3.05) is 47.1 Å². The molecule has 2 aromatic rings. The Morgan fingerprint density at radius 3 is 2.50 bits per heavy atom. The van der Waals surface area contributed by atoms with Crippen LogP contribution < -0.4 is 15.4 Å². The number of nitrogens with one attached hydrogen (secondary N) is 2. The van der Waals surface area contributed by atoms with Crippen LogP contribution in [0, 0.1) is 18.8 Å². The second kappa shape index (κ2) is 19.0. The summed E-state index contributed by atoms with van der Waals surface area (Å²) in [5.41, 5.74) is 3.25. The summed E-state index contributed by atoms with van der Waals surface area (Å²) in [7, 11) is 3.35. The van der Waals surface area contributed by atoms with Crippen molar-refractivity contribution in [2.24, 2.45) is 11.8 Å². The van der Waals surface area contributed by atoms with E-state index in [0.29, 0.717) is 51.7 Å². The highest BCUT2D eigenvalue weighted by Crippen LogP contribution is 2.34. The van der Waals surface area contributed by atoms with Gasteiger partial charge in [-0.3, -0.25) is 9.59 Å². The summed E-state index contributed by atoms with van der Waals surface area (Å²) < 4.78 is 16.9. The number of carbonyl (C=O) groups is 2. The van der Waals surface area contributed by atoms with Gasteiger partial charge in [-0.05, 0) is 67.3 Å². The first kappa shape index (κ1) is 35.9. The van der Waals surface area contributed by atoms with Crippen LogP contribution in [0.4, 0.5) is 0 Å². The Kier molecular flexibility index (Phi) is 14.8. The number of carbonyl (C=O) groups excluding carboxylic acids is 2. The maximum atomic E-state index is 13.5. The Labute approximate surface area is 275 Å². The molecule has 3 N–H and O–H groups in total. The molecule has 0 aromatic heterocycles. The van der Waals surface area contributed by atoms with Crippen LogP contribution in [-0.2, 0) is 25.6 Å². The number of hydrogen-bond acceptors (Lipinski definition) is 7. The number of hydrogen-bond donors (Lipinski definition) is 3. The molecule has 0 radical (unpaired) electrons. The van der Waals surface area contributed by atoms with Gasteiger partial charge in [0.25, 0.3) is 0 Å². The molecular weight excluding hydrogens is 582 g/mol. The fourth-order valence-electron chi connectivity index (χ4n) is 6.94. The summed E-state index contributed by atoms with van der Waals surface area (Å²) in [5.74, 6) is 0.144. The Balaban J connectivity index is 1.35. The molecule has 2 aliphatic rings. The molecule has 0 bridgehead atoms. The molecule has 9 heteroatoms. The van der Waals surface area contributed by atoms with E-state index in [1.165, 1.54) is 19.3 Å². The molecule has 2 amide bonds. The normalized spacial score (nSPS) is 19.0. The van der Waals surface area contributed by atoms with E-state index in [9.17, 15) is 14.7 Å². The van der Waals surface area contributed by atoms with E-state index >= 15 is 0 Å². The van der Waals surface area contributed by atoms with Crippen molar-refractivity contribution in [3.8, 4) is 5.75 Å². The molecule has 254 valence electrons. The number of rotatable bonds is 17. The zero-order valence-corrected chi connectivity index (χ0v) is 28.0. The third kappa shape index (κ3) is 11.1. The van der Waals surface area contributed by atoms with Crippen LogP contribution in [0.1, 0.15) is 80.6 Å². The van der Waals surface area contributed by atoms with Gasteiger partial charge < -0.3 is 34.9 Å². The van der Waals surface area contributed by atoms with E-state index < -0.39 is 24.0 Å². The van der Waals surface area contributed by atoms with Gasteiger partial charge in [0.15, 0.2) is 0 Å². The smallest absolute Gasteiger partial charge is 0.311 e. The zero-order chi connectivity index (χ0) is 32.7. The Bertz CT molecular complexity index is 1200. The van der Waals surface area contributed by atoms with Gasteiger partial charge in [-0.25, -0.2) is 0 Å². The first-order valence-corrected chi connectivity index (χ1v) is 17.2. The average Bonchev–Trinajstić information content (AvgIpc) is 3.56. The standard InChI is InChI=1S/C37H55N3O6/c1-27-20-29(22-32(21-27)45-3)24-38-25-34(41)33(23-28-12-6-4-7-13-28)39-36(42)37(43)40-17-16-31(26-40)35(30-14-8-5-9-15-30)46-19-11-10-18-44-2/h5,8-9,14-15,20-22,28,31,33-35,38,41H,4,6-7,10-13,16-19,23-26H2,1-3H3,(H,39,42)/t31-,33+,34-,35+/m1/s1. The second-order valence-corrected chi connectivity index (χ2v) is 13.1. The number of likely N-dealkylation sites (tertiary alicyclic amines) is 1. The van der Waals surface area contributed by atoms with E-state index in [1.807, 2.05) is 37.3 Å². The first-order chi connectivity index (χ1) is 22.4. The molecule has 0 spiro atoms. The number of aliphatic hydroxyl groups excluding tert-OH is 1. The molecule has 1 saturated heterocycles. The predicted octanol–water partition coefficient (Wildman–Crippen LogP) is 4.94. The molecule has 1 aliphatic carbocycles. The molecule has 9 nitrogen and oxygen atoms in total. The van der Waals surface area contributed by atoms with Gasteiger partial charge in [-0.15, -0.1) is 0 Å². The number of amides is 2. The monoisotopic (exact) mass is 637 g/mol. The average molecular weight is 638 g/mol. The van der Waals surface area contributed by atoms with Crippen molar-refractivity contribution in [2.45, 2.75) is 89.5 Å². The number of aryl methyl sites for hydroxylation is 1. The molecular formula is C37H55N3O6. The third-order valence-corrected chi connectivity index (χ3v) is 9.42. The number of ether oxygens (including phenoxy) is 3. The number of benzene rings is 2. The van der Waals surface area contributed by atoms with Crippen molar-refractivity contribution in [1.82, 2.24) is 15.5 Å². The minimum atomic E-state index is -0.828. The number of aliphatic hydroxyl groups is 1. The van der Waals surface area contributed by atoms with Gasteiger partial charge in [-0.2, -0.15) is 0 Å². The van der Waals surface area contributed by atoms with Crippen LogP contribution in [0.25, 0.3) is 0 Å². The van der Waals surface area contributed by atoms with E-state index in [0.717, 1.165) is 54.5 Å². The van der Waals surface area contributed by atoms with Crippen LogP contribution in [-0.4, -0.2) is 81.0 Å². The minimum Gasteiger partial charge on any atom is -0.497 e. The summed E-state index contributed by atoms with van der Waals surface area (Å²) in [6.45, 7) is 5.16. The summed E-state index contributed by atoms with van der Waals surface area (Å²) >= 11 is 0. The fourth-order valence-corrected chi connectivity index (χ4v) is 6.94. The molecule has 1 aliphatic heterocycles. The van der Waals surface area contributed by atoms with Crippen LogP contribution in [0.2, 0.25) is 0 Å². The predicted molar refractivity (Wildman–Crippen MR) is 179 cm³/mol. The lowest BCUT2D eigenvalue weighted by molar-refractivity contribution is -0.146. The highest BCUT2D eigenvalue weighted by Gasteiger charge is 2.37. The van der Waals surface area contributed by atoms with E-state index in [2.05, 4.69) is 28.8 Å². The van der Waals surface area contributed by atoms with Gasteiger partial charge >= 0.3 is 11.8 Å². The molecule has 1 saturated carbocycles. The number of unbranched alkanes of at least 4 members (excludes halogenated alkanes) is 1. The summed E-state index contributed by atoms with van der Waals surface area (Å²) in [6.07, 6.45) is 8.01. The Morgan fingerprint density at radius 1 is 1.00 bits per heavy atom. The highest BCUT2D eigenvalue weighted by molar-refractivity contribution is 6.35. The minimum absolute atomic E-state index is 0.0923. The van der Waals surface area contributed by atoms with Gasteiger partial charge in [0.1, 0.15) is 5.75 Å². The SMILES string of the molecule is COCCCCO[C@@H](c1ccccc1)[C@@H]1CCN(C(=O)C(=O)N[C@@H](CC2CCCCC2)[C@H](O)CNCc2cc(C)cc(OC)c2)C1. The van der Waals surface area contributed by atoms with Crippen molar-refractivity contribution in [3.05, 3.63) is 65.2 Å². The van der Waals surface area contributed by atoms with E-state index in [-0.39, 0.29) is 12.0 Å². The molecule has 4 atom stereocenters. The van der Waals surface area contributed by atoms with Crippen molar-refractivity contribution >= 4 is 11.8 Å². The van der Waals surface area contributed by atoms with Crippen LogP contribution >= 0.6 is 0 Å². The highest BCUT2D eigenvalue weighted by atomic mass is 16.5. The molecule has 1 heterocycles. The van der Waals surface area contributed by atoms with E-state index in [1.54, 1.807) is 19.1 Å². The molecule has 0 unspecified atom stereocenters. The Hall–Kier alpha value is -2.98. The van der Waals surface area contributed by atoms with Crippen molar-refractivity contribution in [1.29, 1.82) is 0 Å². The molecule has 2 aromatic carbocycles. The van der Waals surface area contributed by atoms with Crippen LogP contribution in [0.3, 0.4) is 0 Å². The largest absolute Gasteiger partial charge is 0.497 e. The molecule has 46 heavy (non-hydrogen) atoms. The van der Waals surface area contributed by atoms with Crippen molar-refractivity contribution < 1.29 is 28.9 Å². The van der Waals surface area contributed by atoms with Gasteiger partial charge in [0.2, 0.25) is 0 Å². The summed E-state index contributed by atoms with van der Waals surface area (Å²) in [5, 5.41) is 17.6. The first-order valence-electron chi connectivity index (χ1n) is 17.2. The Morgan fingerprint density at radius 2 is 1.76 bits per heavy atom. The third-order valence-electron chi connectivity index (χ3n) is 9.42. The second-order valence-electron chi connectivity index (χ2n) is 13.1. The summed E-state index contributed by atoms with van der Waals surface area (Å²) in [4.78, 5) is 28.5. The molecule has 2 fully saturated rings. The maximum Gasteiger partial charge on any atom is 0.311 e. The number of methoxy groups -OCH3 is 2. The maximum absolute atomic E-state index is 13.5. The quantitative estimate of drug-likeness (QED) is 0.167. The lowest BCUT2D eigenvalue weighted by atomic mass is 9.83. The van der Waals surface area contributed by atoms with Crippen molar-refractivity contribution in [3.63, 3.8) is 0 Å². The fraction of sp³-hybridized carbons (Fsp3) is 0.622. The zero-order valence-electron chi connectivity index (χ0n) is 28.0. The topological polar surface area (TPSA) is 109 Å².